The highest BCUT2D eigenvalue weighted by Gasteiger charge is 2.58. The van der Waals surface area contributed by atoms with Crippen molar-refractivity contribution in [1.29, 1.82) is 0 Å². The fraction of sp³-hybridized carbons (Fsp3) is 0.633. The Bertz CT molecular complexity index is 1050. The van der Waals surface area contributed by atoms with Crippen molar-refractivity contribution in [2.75, 3.05) is 14.1 Å². The molecule has 3 fully saturated rings. The van der Waals surface area contributed by atoms with E-state index in [4.69, 9.17) is 0 Å². The molecule has 0 bridgehead atoms. The van der Waals surface area contributed by atoms with Crippen LogP contribution in [0.3, 0.4) is 0 Å². The third-order valence-electron chi connectivity index (χ3n) is 10.9. The van der Waals surface area contributed by atoms with Crippen molar-refractivity contribution in [2.24, 2.45) is 34.5 Å². The lowest BCUT2D eigenvalue weighted by Gasteiger charge is -2.61. The van der Waals surface area contributed by atoms with Gasteiger partial charge in [0.25, 0.3) is 0 Å². The SMILES string of the molecule is CN(C)C1CCC2(C)C(CCC3C4CC=C(c5ccc6ccncc6c5)C4(C)CCC32)C1. The first-order chi connectivity index (χ1) is 15.4. The summed E-state index contributed by atoms with van der Waals surface area (Å²) in [6.07, 6.45) is 17.9. The summed E-state index contributed by atoms with van der Waals surface area (Å²) in [7, 11) is 4.58. The maximum absolute atomic E-state index is 4.37. The van der Waals surface area contributed by atoms with E-state index in [2.05, 4.69) is 68.2 Å². The van der Waals surface area contributed by atoms with E-state index in [1.165, 1.54) is 67.7 Å². The first-order valence-corrected chi connectivity index (χ1v) is 13.1. The van der Waals surface area contributed by atoms with Crippen LogP contribution in [0.4, 0.5) is 0 Å². The van der Waals surface area contributed by atoms with Crippen LogP contribution in [0.25, 0.3) is 16.3 Å². The minimum atomic E-state index is 0.348. The Kier molecular flexibility index (Phi) is 4.85. The van der Waals surface area contributed by atoms with Gasteiger partial charge in [-0.15, -0.1) is 0 Å². The lowest BCUT2D eigenvalue weighted by atomic mass is 9.44. The summed E-state index contributed by atoms with van der Waals surface area (Å²) in [6, 6.07) is 10.00. The van der Waals surface area contributed by atoms with Crippen LogP contribution >= 0.6 is 0 Å². The Labute approximate surface area is 194 Å². The number of rotatable bonds is 2. The van der Waals surface area contributed by atoms with Crippen LogP contribution in [0, 0.1) is 34.5 Å². The number of pyridine rings is 1. The number of fused-ring (bicyclic) bond motifs is 6. The zero-order chi connectivity index (χ0) is 22.1. The van der Waals surface area contributed by atoms with Crippen LogP contribution in [0.15, 0.2) is 42.7 Å². The second kappa shape index (κ2) is 7.42. The van der Waals surface area contributed by atoms with E-state index in [0.717, 1.165) is 29.7 Å². The van der Waals surface area contributed by atoms with Gasteiger partial charge in [-0.05, 0) is 129 Å². The predicted molar refractivity (Wildman–Crippen MR) is 134 cm³/mol. The molecule has 7 atom stereocenters. The molecule has 0 saturated heterocycles. The second-order valence-corrected chi connectivity index (χ2v) is 12.3. The summed E-state index contributed by atoms with van der Waals surface area (Å²) in [5, 5.41) is 2.57. The van der Waals surface area contributed by atoms with Crippen LogP contribution < -0.4 is 0 Å². The molecule has 0 aliphatic heterocycles. The third kappa shape index (κ3) is 2.98. The Morgan fingerprint density at radius 3 is 2.66 bits per heavy atom. The minimum absolute atomic E-state index is 0.348. The molecule has 32 heavy (non-hydrogen) atoms. The molecule has 7 unspecified atom stereocenters. The van der Waals surface area contributed by atoms with Gasteiger partial charge in [0, 0.05) is 23.8 Å². The summed E-state index contributed by atoms with van der Waals surface area (Å²) in [4.78, 5) is 6.87. The van der Waals surface area contributed by atoms with Crippen molar-refractivity contribution in [3.8, 4) is 0 Å². The highest BCUT2D eigenvalue weighted by Crippen LogP contribution is 2.67. The van der Waals surface area contributed by atoms with Gasteiger partial charge in [-0.1, -0.05) is 32.1 Å². The molecule has 4 aliphatic carbocycles. The number of hydrogen-bond donors (Lipinski definition) is 0. The summed E-state index contributed by atoms with van der Waals surface area (Å²) in [5.41, 5.74) is 4.01. The Morgan fingerprint density at radius 1 is 0.938 bits per heavy atom. The van der Waals surface area contributed by atoms with Crippen LogP contribution in [0.1, 0.15) is 70.8 Å². The molecule has 0 spiro atoms. The van der Waals surface area contributed by atoms with Gasteiger partial charge in [-0.2, -0.15) is 0 Å². The van der Waals surface area contributed by atoms with Gasteiger partial charge in [0.2, 0.25) is 0 Å². The van der Waals surface area contributed by atoms with Crippen molar-refractivity contribution in [1.82, 2.24) is 9.88 Å². The van der Waals surface area contributed by atoms with Crippen molar-refractivity contribution >= 4 is 16.3 Å². The maximum Gasteiger partial charge on any atom is 0.0346 e. The summed E-state index contributed by atoms with van der Waals surface area (Å²) in [5.74, 6) is 3.64. The van der Waals surface area contributed by atoms with Gasteiger partial charge in [0.05, 0.1) is 0 Å². The number of aromatic nitrogens is 1. The molecule has 1 heterocycles. The Morgan fingerprint density at radius 2 is 1.81 bits per heavy atom. The number of nitrogens with zero attached hydrogens (tertiary/aromatic N) is 2. The van der Waals surface area contributed by atoms with Crippen molar-refractivity contribution in [3.05, 3.63) is 48.3 Å². The number of allylic oxidation sites excluding steroid dienone is 2. The smallest absolute Gasteiger partial charge is 0.0346 e. The topological polar surface area (TPSA) is 16.1 Å². The average molecular weight is 429 g/mol. The highest BCUT2D eigenvalue weighted by atomic mass is 15.1. The average Bonchev–Trinajstić information content (AvgIpc) is 3.15. The molecule has 0 N–H and O–H groups in total. The summed E-state index contributed by atoms with van der Waals surface area (Å²) < 4.78 is 0. The van der Waals surface area contributed by atoms with Gasteiger partial charge in [-0.3, -0.25) is 4.98 Å². The molecule has 2 aromatic rings. The molecule has 1 aromatic carbocycles. The quantitative estimate of drug-likeness (QED) is 0.503. The number of benzene rings is 1. The summed E-state index contributed by atoms with van der Waals surface area (Å²) >= 11 is 0. The van der Waals surface area contributed by atoms with Gasteiger partial charge < -0.3 is 4.90 Å². The first kappa shape index (κ1) is 20.9. The lowest BCUT2D eigenvalue weighted by Crippen LogP contribution is -2.54. The van der Waals surface area contributed by atoms with Crippen molar-refractivity contribution in [2.45, 2.75) is 71.3 Å². The minimum Gasteiger partial charge on any atom is -0.306 e. The molecule has 170 valence electrons. The maximum atomic E-state index is 4.37. The fourth-order valence-electron chi connectivity index (χ4n) is 8.97. The molecule has 2 nitrogen and oxygen atoms in total. The van der Waals surface area contributed by atoms with E-state index < -0.39 is 0 Å². The van der Waals surface area contributed by atoms with E-state index in [1.54, 1.807) is 5.57 Å². The van der Waals surface area contributed by atoms with Gasteiger partial charge in [-0.25, -0.2) is 0 Å². The van der Waals surface area contributed by atoms with E-state index in [1.807, 2.05) is 12.4 Å². The van der Waals surface area contributed by atoms with E-state index >= 15 is 0 Å². The molecule has 1 aromatic heterocycles. The first-order valence-electron chi connectivity index (χ1n) is 13.1. The second-order valence-electron chi connectivity index (χ2n) is 12.3. The third-order valence-corrected chi connectivity index (χ3v) is 10.9. The normalized spacial score (nSPS) is 41.2. The zero-order valence-electron chi connectivity index (χ0n) is 20.5. The molecule has 3 saturated carbocycles. The molecule has 0 amide bonds. The Balaban J connectivity index is 1.28. The molecule has 0 radical (unpaired) electrons. The van der Waals surface area contributed by atoms with Crippen LogP contribution in [0.2, 0.25) is 0 Å². The molecular weight excluding hydrogens is 388 g/mol. The molecule has 6 rings (SSSR count). The molecular formula is C30H40N2. The zero-order valence-corrected chi connectivity index (χ0v) is 20.5. The molecule has 4 aliphatic rings. The summed E-state index contributed by atoms with van der Waals surface area (Å²) in [6.45, 7) is 5.31. The molecule has 2 heteroatoms. The van der Waals surface area contributed by atoms with Crippen molar-refractivity contribution in [3.63, 3.8) is 0 Å². The van der Waals surface area contributed by atoms with Crippen LogP contribution in [-0.4, -0.2) is 30.0 Å². The van der Waals surface area contributed by atoms with Gasteiger partial charge in [0.1, 0.15) is 0 Å². The van der Waals surface area contributed by atoms with Gasteiger partial charge >= 0.3 is 0 Å². The van der Waals surface area contributed by atoms with Crippen LogP contribution in [0.5, 0.6) is 0 Å². The number of hydrogen-bond acceptors (Lipinski definition) is 2. The monoisotopic (exact) mass is 428 g/mol. The lowest BCUT2D eigenvalue weighted by molar-refractivity contribution is -0.106. The van der Waals surface area contributed by atoms with Gasteiger partial charge in [0.15, 0.2) is 0 Å². The highest BCUT2D eigenvalue weighted by molar-refractivity contribution is 5.86. The van der Waals surface area contributed by atoms with E-state index in [-0.39, 0.29) is 0 Å². The predicted octanol–water partition coefficient (Wildman–Crippen LogP) is 7.20. The standard InChI is InChI=1S/C30H40N2/c1-29-14-11-24(32(3)4)18-23(29)7-8-25-27-10-9-26(30(27,2)15-12-28(25)29)21-6-5-20-13-16-31-19-22(20)17-21/h5-6,9,13,16-17,19,23-25,27-28H,7-8,10-12,14-15,18H2,1-4H3. The Hall–Kier alpha value is -1.67. The van der Waals surface area contributed by atoms with Crippen molar-refractivity contribution < 1.29 is 0 Å². The van der Waals surface area contributed by atoms with E-state index in [9.17, 15) is 0 Å². The largest absolute Gasteiger partial charge is 0.306 e. The van der Waals surface area contributed by atoms with E-state index in [0.29, 0.717) is 10.8 Å². The fourth-order valence-corrected chi connectivity index (χ4v) is 8.97. The van der Waals surface area contributed by atoms with Crippen LogP contribution in [-0.2, 0) is 0 Å².